The summed E-state index contributed by atoms with van der Waals surface area (Å²) in [4.78, 5) is 13.4. The Bertz CT molecular complexity index is 445. The van der Waals surface area contributed by atoms with Crippen LogP contribution in [0.4, 0.5) is 4.79 Å². The maximum absolute atomic E-state index is 11.7. The molecule has 1 amide bonds. The monoisotopic (exact) mass is 267 g/mol. The first-order valence-electron chi connectivity index (χ1n) is 6.40. The molecule has 1 aromatic heterocycles. The highest BCUT2D eigenvalue weighted by Gasteiger charge is 2.33. The number of aromatic nitrogens is 3. The lowest BCUT2D eigenvalue weighted by Crippen LogP contribution is -2.60. The Balaban J connectivity index is 1.67. The minimum Gasteiger partial charge on any atom is -0.444 e. The van der Waals surface area contributed by atoms with Crippen LogP contribution in [-0.2, 0) is 18.3 Å². The van der Waals surface area contributed by atoms with Gasteiger partial charge in [0.1, 0.15) is 5.60 Å². The average Bonchev–Trinajstić information content (AvgIpc) is 2.59. The predicted octanol–water partition coefficient (Wildman–Crippen LogP) is 0.524. The Morgan fingerprint density at radius 3 is 2.74 bits per heavy atom. The van der Waals surface area contributed by atoms with Crippen molar-refractivity contribution in [1.82, 2.24) is 25.2 Å². The van der Waals surface area contributed by atoms with Crippen LogP contribution in [0, 0.1) is 0 Å². The standard InChI is InChI=1S/C12H21N5O2/c1-12(2,3)19-11(18)17-7-10(8-17)13-5-9-6-16(4)15-14-9/h6,10,13H,5,7-8H2,1-4H3. The zero-order chi connectivity index (χ0) is 14.0. The molecule has 0 aliphatic carbocycles. The van der Waals surface area contributed by atoms with Crippen LogP contribution in [0.25, 0.3) is 0 Å². The minimum absolute atomic E-state index is 0.245. The summed E-state index contributed by atoms with van der Waals surface area (Å²) in [6.07, 6.45) is 1.63. The minimum atomic E-state index is -0.435. The Kier molecular flexibility index (Phi) is 3.75. The summed E-state index contributed by atoms with van der Waals surface area (Å²) in [5.41, 5.74) is 0.466. The van der Waals surface area contributed by atoms with Crippen molar-refractivity contribution in [2.24, 2.45) is 7.05 Å². The Morgan fingerprint density at radius 2 is 2.21 bits per heavy atom. The number of ether oxygens (including phenoxy) is 1. The van der Waals surface area contributed by atoms with Gasteiger partial charge in [0.15, 0.2) is 0 Å². The van der Waals surface area contributed by atoms with Gasteiger partial charge in [-0.2, -0.15) is 0 Å². The molecule has 0 unspecified atom stereocenters. The number of hydrogen-bond donors (Lipinski definition) is 1. The van der Waals surface area contributed by atoms with Gasteiger partial charge in [-0.3, -0.25) is 4.68 Å². The average molecular weight is 267 g/mol. The molecule has 0 spiro atoms. The number of carbonyl (C=O) groups is 1. The summed E-state index contributed by atoms with van der Waals surface area (Å²) in [6, 6.07) is 0.300. The first kappa shape index (κ1) is 13.8. The van der Waals surface area contributed by atoms with Gasteiger partial charge >= 0.3 is 6.09 Å². The number of nitrogens with zero attached hydrogens (tertiary/aromatic N) is 4. The van der Waals surface area contributed by atoms with E-state index in [0.717, 1.165) is 5.69 Å². The van der Waals surface area contributed by atoms with Crippen molar-refractivity contribution in [3.8, 4) is 0 Å². The third-order valence-corrected chi connectivity index (χ3v) is 2.76. The van der Waals surface area contributed by atoms with Gasteiger partial charge in [-0.05, 0) is 20.8 Å². The number of carbonyl (C=O) groups excluding carboxylic acids is 1. The van der Waals surface area contributed by atoms with Crippen LogP contribution in [0.2, 0.25) is 0 Å². The topological polar surface area (TPSA) is 72.3 Å². The van der Waals surface area contributed by atoms with Crippen molar-refractivity contribution in [2.75, 3.05) is 13.1 Å². The first-order valence-corrected chi connectivity index (χ1v) is 6.40. The fraction of sp³-hybridized carbons (Fsp3) is 0.750. The largest absolute Gasteiger partial charge is 0.444 e. The molecule has 1 N–H and O–H groups in total. The zero-order valence-corrected chi connectivity index (χ0v) is 11.9. The SMILES string of the molecule is Cn1cc(CNC2CN(C(=O)OC(C)(C)C)C2)nn1. The van der Waals surface area contributed by atoms with Gasteiger partial charge in [0.05, 0.1) is 5.69 Å². The van der Waals surface area contributed by atoms with Crippen molar-refractivity contribution >= 4 is 6.09 Å². The second-order valence-corrected chi connectivity index (χ2v) is 5.85. The highest BCUT2D eigenvalue weighted by molar-refractivity contribution is 5.69. The van der Waals surface area contributed by atoms with Gasteiger partial charge in [0.2, 0.25) is 0 Å². The van der Waals surface area contributed by atoms with E-state index in [2.05, 4.69) is 15.6 Å². The van der Waals surface area contributed by atoms with Crippen LogP contribution in [0.15, 0.2) is 6.20 Å². The van der Waals surface area contributed by atoms with E-state index in [1.807, 2.05) is 34.0 Å². The summed E-state index contributed by atoms with van der Waals surface area (Å²) >= 11 is 0. The number of rotatable bonds is 3. The molecule has 19 heavy (non-hydrogen) atoms. The molecule has 106 valence electrons. The zero-order valence-electron chi connectivity index (χ0n) is 11.9. The summed E-state index contributed by atoms with van der Waals surface area (Å²) in [5.74, 6) is 0. The van der Waals surface area contributed by atoms with Crippen LogP contribution >= 0.6 is 0 Å². The van der Waals surface area contributed by atoms with E-state index in [1.165, 1.54) is 0 Å². The summed E-state index contributed by atoms with van der Waals surface area (Å²) < 4.78 is 6.96. The van der Waals surface area contributed by atoms with Gasteiger partial charge in [0.25, 0.3) is 0 Å². The Morgan fingerprint density at radius 1 is 1.53 bits per heavy atom. The third kappa shape index (κ3) is 3.92. The molecule has 0 saturated carbocycles. The van der Waals surface area contributed by atoms with Gasteiger partial charge in [-0.25, -0.2) is 4.79 Å². The molecule has 1 saturated heterocycles. The van der Waals surface area contributed by atoms with Gasteiger partial charge in [-0.1, -0.05) is 5.21 Å². The van der Waals surface area contributed by atoms with E-state index in [0.29, 0.717) is 25.7 Å². The van der Waals surface area contributed by atoms with Crippen molar-refractivity contribution < 1.29 is 9.53 Å². The summed E-state index contributed by atoms with van der Waals surface area (Å²) in [7, 11) is 1.84. The van der Waals surface area contributed by atoms with E-state index in [-0.39, 0.29) is 6.09 Å². The Labute approximate surface area is 112 Å². The number of likely N-dealkylation sites (tertiary alicyclic amines) is 1. The lowest BCUT2D eigenvalue weighted by molar-refractivity contribution is 0.00516. The molecule has 2 rings (SSSR count). The van der Waals surface area contributed by atoms with Gasteiger partial charge < -0.3 is 15.0 Å². The molecule has 1 fully saturated rings. The molecule has 7 nitrogen and oxygen atoms in total. The molecule has 1 aliphatic heterocycles. The number of hydrogen-bond acceptors (Lipinski definition) is 5. The molecule has 0 atom stereocenters. The summed E-state index contributed by atoms with van der Waals surface area (Å²) in [5, 5.41) is 11.2. The molecule has 7 heteroatoms. The normalized spacial score (nSPS) is 16.3. The van der Waals surface area contributed by atoms with Gasteiger partial charge in [-0.15, -0.1) is 5.10 Å². The molecular formula is C12H21N5O2. The van der Waals surface area contributed by atoms with Crippen molar-refractivity contribution in [2.45, 2.75) is 39.0 Å². The molecule has 0 bridgehead atoms. The highest BCUT2D eigenvalue weighted by atomic mass is 16.6. The molecule has 0 aromatic carbocycles. The van der Waals surface area contributed by atoms with Gasteiger partial charge in [0, 0.05) is 38.9 Å². The van der Waals surface area contributed by atoms with Crippen LogP contribution in [0.3, 0.4) is 0 Å². The van der Waals surface area contributed by atoms with Crippen LogP contribution < -0.4 is 5.32 Å². The van der Waals surface area contributed by atoms with Crippen molar-refractivity contribution in [1.29, 1.82) is 0 Å². The number of nitrogens with one attached hydrogen (secondary N) is 1. The van der Waals surface area contributed by atoms with Crippen molar-refractivity contribution in [3.63, 3.8) is 0 Å². The maximum atomic E-state index is 11.7. The smallest absolute Gasteiger partial charge is 0.410 e. The molecule has 1 aromatic rings. The fourth-order valence-corrected chi connectivity index (χ4v) is 1.81. The molecule has 2 heterocycles. The predicted molar refractivity (Wildman–Crippen MR) is 69.4 cm³/mol. The third-order valence-electron chi connectivity index (χ3n) is 2.76. The highest BCUT2D eigenvalue weighted by Crippen LogP contribution is 2.15. The molecule has 1 aliphatic rings. The lowest BCUT2D eigenvalue weighted by Gasteiger charge is -2.40. The van der Waals surface area contributed by atoms with Crippen LogP contribution in [0.1, 0.15) is 26.5 Å². The maximum Gasteiger partial charge on any atom is 0.410 e. The van der Waals surface area contributed by atoms with Crippen LogP contribution in [0.5, 0.6) is 0 Å². The summed E-state index contributed by atoms with van der Waals surface area (Å²) in [6.45, 7) is 7.63. The lowest BCUT2D eigenvalue weighted by atomic mass is 10.1. The quantitative estimate of drug-likeness (QED) is 0.864. The second kappa shape index (κ2) is 5.16. The Hall–Kier alpha value is -1.63. The molecular weight excluding hydrogens is 246 g/mol. The van der Waals surface area contributed by atoms with Crippen LogP contribution in [-0.4, -0.2) is 50.7 Å². The van der Waals surface area contributed by atoms with E-state index in [1.54, 1.807) is 9.58 Å². The van der Waals surface area contributed by atoms with E-state index in [9.17, 15) is 4.79 Å². The number of aryl methyl sites for hydroxylation is 1. The van der Waals surface area contributed by atoms with Crippen molar-refractivity contribution in [3.05, 3.63) is 11.9 Å². The van der Waals surface area contributed by atoms with E-state index >= 15 is 0 Å². The fourth-order valence-electron chi connectivity index (χ4n) is 1.81. The van der Waals surface area contributed by atoms with E-state index in [4.69, 9.17) is 4.74 Å². The molecule has 0 radical (unpaired) electrons. The first-order chi connectivity index (χ1) is 8.83. The van der Waals surface area contributed by atoms with E-state index < -0.39 is 5.60 Å². The number of amides is 1. The second-order valence-electron chi connectivity index (χ2n) is 5.85.